The standard InChI is InChI=1S/C26H35N5O7/c1-25(2,3)37-23(34)29-20(13-19-14-27-16-31(19)24(35)38-26(4,5)6)22(33)28-17-7-9-18(10-8-17)30-11-12-36-15-21(30)32/h7-10,14,16,20H,11-13,15H2,1-6H3,(H,28,33)(H,29,34)/t20-/m1/s1. The Hall–Kier alpha value is -3.93. The van der Waals surface area contributed by atoms with Gasteiger partial charge in [0, 0.05) is 30.5 Å². The molecule has 0 bridgehead atoms. The van der Waals surface area contributed by atoms with Gasteiger partial charge in [0.2, 0.25) is 5.91 Å². The average Bonchev–Trinajstić information content (AvgIpc) is 3.26. The van der Waals surface area contributed by atoms with Crippen LogP contribution in [0.5, 0.6) is 0 Å². The van der Waals surface area contributed by atoms with Crippen LogP contribution in [0, 0.1) is 0 Å². The van der Waals surface area contributed by atoms with E-state index < -0.39 is 35.3 Å². The number of carbonyl (C=O) groups is 4. The first-order chi connectivity index (χ1) is 17.7. The molecule has 0 aliphatic carbocycles. The normalized spacial score (nSPS) is 15.0. The highest BCUT2D eigenvalue weighted by Gasteiger charge is 2.28. The number of aromatic nitrogens is 2. The molecule has 0 saturated carbocycles. The van der Waals surface area contributed by atoms with Gasteiger partial charge < -0.3 is 29.7 Å². The Balaban J connectivity index is 1.77. The van der Waals surface area contributed by atoms with Gasteiger partial charge in [0.05, 0.1) is 12.3 Å². The fourth-order valence-corrected chi connectivity index (χ4v) is 3.56. The molecule has 206 valence electrons. The summed E-state index contributed by atoms with van der Waals surface area (Å²) >= 11 is 0. The van der Waals surface area contributed by atoms with Crippen LogP contribution in [0.4, 0.5) is 21.0 Å². The summed E-state index contributed by atoms with van der Waals surface area (Å²) in [5.41, 5.74) is -0.0214. The molecule has 2 aromatic rings. The zero-order valence-corrected chi connectivity index (χ0v) is 22.6. The van der Waals surface area contributed by atoms with Crippen molar-refractivity contribution < 1.29 is 33.4 Å². The van der Waals surface area contributed by atoms with Gasteiger partial charge in [0.25, 0.3) is 5.91 Å². The number of carbonyl (C=O) groups excluding carboxylic acids is 4. The van der Waals surface area contributed by atoms with Crippen LogP contribution < -0.4 is 15.5 Å². The summed E-state index contributed by atoms with van der Waals surface area (Å²) in [6.45, 7) is 11.3. The van der Waals surface area contributed by atoms with E-state index in [1.807, 2.05) is 0 Å². The lowest BCUT2D eigenvalue weighted by molar-refractivity contribution is -0.125. The Morgan fingerprint density at radius 3 is 2.32 bits per heavy atom. The Morgan fingerprint density at radius 1 is 1.05 bits per heavy atom. The van der Waals surface area contributed by atoms with E-state index in [1.54, 1.807) is 70.7 Å². The molecule has 1 fully saturated rings. The number of ether oxygens (including phenoxy) is 3. The second-order valence-electron chi connectivity index (χ2n) is 10.8. The Labute approximate surface area is 221 Å². The van der Waals surface area contributed by atoms with Crippen molar-refractivity contribution in [2.45, 2.75) is 65.2 Å². The second-order valence-corrected chi connectivity index (χ2v) is 10.8. The number of hydrogen-bond donors (Lipinski definition) is 2. The van der Waals surface area contributed by atoms with Gasteiger partial charge in [-0.25, -0.2) is 19.1 Å². The molecule has 3 rings (SSSR count). The molecule has 12 nitrogen and oxygen atoms in total. The highest BCUT2D eigenvalue weighted by Crippen LogP contribution is 2.20. The number of amides is 3. The summed E-state index contributed by atoms with van der Waals surface area (Å²) in [6.07, 6.45) is 1.20. The van der Waals surface area contributed by atoms with Gasteiger partial charge in [0.1, 0.15) is 30.2 Å². The lowest BCUT2D eigenvalue weighted by Gasteiger charge is -2.27. The second kappa shape index (κ2) is 11.6. The van der Waals surface area contributed by atoms with E-state index in [9.17, 15) is 19.2 Å². The van der Waals surface area contributed by atoms with Crippen molar-refractivity contribution in [3.63, 3.8) is 0 Å². The minimum atomic E-state index is -1.11. The van der Waals surface area contributed by atoms with Crippen LogP contribution in [0.1, 0.15) is 47.2 Å². The van der Waals surface area contributed by atoms with E-state index in [0.717, 1.165) is 0 Å². The zero-order chi connectivity index (χ0) is 28.1. The van der Waals surface area contributed by atoms with Crippen LogP contribution in [0.2, 0.25) is 0 Å². The Morgan fingerprint density at radius 2 is 1.71 bits per heavy atom. The third kappa shape index (κ3) is 8.30. The highest BCUT2D eigenvalue weighted by atomic mass is 16.6. The molecule has 2 heterocycles. The third-order valence-corrected chi connectivity index (χ3v) is 5.16. The van der Waals surface area contributed by atoms with Gasteiger partial charge in [-0.05, 0) is 65.8 Å². The SMILES string of the molecule is CC(C)(C)OC(=O)N[C@H](Cc1cncn1C(=O)OC(C)(C)C)C(=O)Nc1ccc(N2CCOCC2=O)cc1. The molecule has 1 aliphatic rings. The van der Waals surface area contributed by atoms with Crippen molar-refractivity contribution in [1.82, 2.24) is 14.9 Å². The predicted molar refractivity (Wildman–Crippen MR) is 139 cm³/mol. The molecule has 0 radical (unpaired) electrons. The number of benzene rings is 1. The van der Waals surface area contributed by atoms with E-state index in [4.69, 9.17) is 14.2 Å². The van der Waals surface area contributed by atoms with Gasteiger partial charge in [-0.2, -0.15) is 0 Å². The number of nitrogens with zero attached hydrogens (tertiary/aromatic N) is 3. The van der Waals surface area contributed by atoms with Gasteiger partial charge in [-0.1, -0.05) is 0 Å². The minimum absolute atomic E-state index is 0.0242. The lowest BCUT2D eigenvalue weighted by atomic mass is 10.1. The monoisotopic (exact) mass is 529 g/mol. The maximum absolute atomic E-state index is 13.3. The molecule has 1 aliphatic heterocycles. The number of imidazole rings is 1. The fourth-order valence-electron chi connectivity index (χ4n) is 3.56. The van der Waals surface area contributed by atoms with Crippen LogP contribution in [-0.2, 0) is 30.2 Å². The smallest absolute Gasteiger partial charge is 0.420 e. The van der Waals surface area contributed by atoms with Crippen LogP contribution in [0.3, 0.4) is 0 Å². The van der Waals surface area contributed by atoms with E-state index in [0.29, 0.717) is 30.2 Å². The molecule has 1 saturated heterocycles. The summed E-state index contributed by atoms with van der Waals surface area (Å²) in [5, 5.41) is 5.35. The molecular weight excluding hydrogens is 494 g/mol. The quantitative estimate of drug-likeness (QED) is 0.582. The van der Waals surface area contributed by atoms with Crippen molar-refractivity contribution in [2.75, 3.05) is 30.0 Å². The highest BCUT2D eigenvalue weighted by molar-refractivity contribution is 5.98. The summed E-state index contributed by atoms with van der Waals surface area (Å²) in [6, 6.07) is 5.64. The Bertz CT molecular complexity index is 1160. The molecule has 2 N–H and O–H groups in total. The molecular formula is C26H35N5O7. The van der Waals surface area contributed by atoms with Crippen LogP contribution in [-0.4, -0.2) is 70.6 Å². The maximum atomic E-state index is 13.3. The van der Waals surface area contributed by atoms with Gasteiger partial charge in [-0.3, -0.25) is 9.59 Å². The van der Waals surface area contributed by atoms with Crippen molar-refractivity contribution in [3.05, 3.63) is 42.5 Å². The molecule has 12 heteroatoms. The third-order valence-electron chi connectivity index (χ3n) is 5.16. The van der Waals surface area contributed by atoms with Crippen molar-refractivity contribution >= 4 is 35.4 Å². The van der Waals surface area contributed by atoms with E-state index in [-0.39, 0.29) is 18.9 Å². The van der Waals surface area contributed by atoms with Crippen molar-refractivity contribution in [3.8, 4) is 0 Å². The number of hydrogen-bond acceptors (Lipinski definition) is 8. The predicted octanol–water partition coefficient (Wildman–Crippen LogP) is 3.10. The molecule has 0 spiro atoms. The van der Waals surface area contributed by atoms with Gasteiger partial charge >= 0.3 is 12.2 Å². The largest absolute Gasteiger partial charge is 0.444 e. The summed E-state index contributed by atoms with van der Waals surface area (Å²) in [7, 11) is 0. The number of alkyl carbamates (subject to hydrolysis) is 1. The molecule has 0 unspecified atom stereocenters. The van der Waals surface area contributed by atoms with Gasteiger partial charge in [-0.15, -0.1) is 0 Å². The fraction of sp³-hybridized carbons (Fsp3) is 0.500. The topological polar surface area (TPSA) is 141 Å². The van der Waals surface area contributed by atoms with E-state index in [2.05, 4.69) is 15.6 Å². The van der Waals surface area contributed by atoms with E-state index >= 15 is 0 Å². The Kier molecular flexibility index (Phi) is 8.77. The summed E-state index contributed by atoms with van der Waals surface area (Å²) in [5.74, 6) is -0.681. The van der Waals surface area contributed by atoms with Crippen LogP contribution >= 0.6 is 0 Å². The van der Waals surface area contributed by atoms with Crippen LogP contribution in [0.25, 0.3) is 0 Å². The van der Waals surface area contributed by atoms with Crippen molar-refractivity contribution in [1.29, 1.82) is 0 Å². The molecule has 1 atom stereocenters. The molecule has 38 heavy (non-hydrogen) atoms. The minimum Gasteiger partial charge on any atom is -0.444 e. The number of morpholine rings is 1. The first kappa shape index (κ1) is 28.6. The van der Waals surface area contributed by atoms with Crippen LogP contribution in [0.15, 0.2) is 36.8 Å². The zero-order valence-electron chi connectivity index (χ0n) is 22.6. The lowest BCUT2D eigenvalue weighted by Crippen LogP contribution is -2.47. The average molecular weight is 530 g/mol. The van der Waals surface area contributed by atoms with E-state index in [1.165, 1.54) is 17.1 Å². The maximum Gasteiger partial charge on any atom is 0.420 e. The molecule has 1 aromatic heterocycles. The molecule has 1 aromatic carbocycles. The first-order valence-corrected chi connectivity index (χ1v) is 12.2. The van der Waals surface area contributed by atoms with Crippen molar-refractivity contribution in [2.24, 2.45) is 0 Å². The molecule has 3 amide bonds. The number of anilines is 2. The summed E-state index contributed by atoms with van der Waals surface area (Å²) < 4.78 is 17.1. The number of rotatable bonds is 6. The first-order valence-electron chi connectivity index (χ1n) is 12.2. The van der Waals surface area contributed by atoms with Gasteiger partial charge in [0.15, 0.2) is 0 Å². The number of nitrogens with one attached hydrogen (secondary N) is 2. The summed E-state index contributed by atoms with van der Waals surface area (Å²) in [4.78, 5) is 56.2.